The number of aryl methyl sites for hydroxylation is 2. The van der Waals surface area contributed by atoms with Gasteiger partial charge >= 0.3 is 0 Å². The zero-order chi connectivity index (χ0) is 17.8. The molecule has 3 rings (SSSR count). The van der Waals surface area contributed by atoms with Crippen molar-refractivity contribution < 1.29 is 4.42 Å². The second kappa shape index (κ2) is 7.42. The Morgan fingerprint density at radius 2 is 1.92 bits per heavy atom. The highest BCUT2D eigenvalue weighted by atomic mass is 16.4. The van der Waals surface area contributed by atoms with Crippen LogP contribution in [-0.4, -0.2) is 20.2 Å². The summed E-state index contributed by atoms with van der Waals surface area (Å²) in [6.45, 7) is 6.25. The minimum absolute atomic E-state index is 0.276. The maximum atomic E-state index is 5.91. The summed E-state index contributed by atoms with van der Waals surface area (Å²) in [6, 6.07) is 8.42. The number of nitrogens with two attached hydrogens (primary N) is 1. The van der Waals surface area contributed by atoms with Crippen LogP contribution in [0.4, 0.5) is 5.82 Å². The average molecular weight is 337 g/mol. The first-order chi connectivity index (χ1) is 12.1. The van der Waals surface area contributed by atoms with Crippen LogP contribution < -0.4 is 5.73 Å². The normalized spacial score (nSPS) is 12.3. The Kier molecular flexibility index (Phi) is 5.07. The zero-order valence-corrected chi connectivity index (χ0v) is 14.9. The molecule has 2 heterocycles. The van der Waals surface area contributed by atoms with Crippen molar-refractivity contribution in [3.05, 3.63) is 41.9 Å². The summed E-state index contributed by atoms with van der Waals surface area (Å²) in [5.74, 6) is 1.78. The van der Waals surface area contributed by atoms with Crippen molar-refractivity contribution >= 4 is 5.82 Å². The van der Waals surface area contributed by atoms with E-state index >= 15 is 0 Å². The number of nitrogen functional groups attached to an aromatic ring is 1. The Morgan fingerprint density at radius 3 is 2.56 bits per heavy atom. The number of benzene rings is 1. The van der Waals surface area contributed by atoms with E-state index in [1.54, 1.807) is 13.1 Å². The van der Waals surface area contributed by atoms with Crippen molar-refractivity contribution in [3.8, 4) is 22.8 Å². The average Bonchev–Trinajstić information content (AvgIpc) is 3.06. The van der Waals surface area contributed by atoms with Gasteiger partial charge in [0.15, 0.2) is 11.5 Å². The van der Waals surface area contributed by atoms with Crippen LogP contribution in [0.2, 0.25) is 0 Å². The minimum atomic E-state index is 0.276. The molecule has 0 aliphatic heterocycles. The van der Waals surface area contributed by atoms with Gasteiger partial charge < -0.3 is 10.2 Å². The number of hydrogen-bond donors (Lipinski definition) is 1. The van der Waals surface area contributed by atoms with E-state index in [1.807, 2.05) is 0 Å². The number of rotatable bonds is 6. The third-order valence-electron chi connectivity index (χ3n) is 4.40. The van der Waals surface area contributed by atoms with Crippen LogP contribution >= 0.6 is 0 Å². The summed E-state index contributed by atoms with van der Waals surface area (Å²) in [6.07, 6.45) is 5.18. The first-order valence-corrected chi connectivity index (χ1v) is 8.59. The van der Waals surface area contributed by atoms with E-state index in [1.165, 1.54) is 18.4 Å². The molecular formula is C19H23N5O. The fraction of sp³-hybridized carbons (Fsp3) is 0.368. The van der Waals surface area contributed by atoms with Crippen LogP contribution in [0, 0.1) is 12.8 Å². The molecule has 0 saturated heterocycles. The second-order valence-electron chi connectivity index (χ2n) is 6.36. The molecule has 130 valence electrons. The van der Waals surface area contributed by atoms with Gasteiger partial charge in [0.05, 0.1) is 11.9 Å². The third kappa shape index (κ3) is 4.02. The molecule has 0 spiro atoms. The highest BCUT2D eigenvalue weighted by molar-refractivity contribution is 5.68. The van der Waals surface area contributed by atoms with Gasteiger partial charge in [0.25, 0.3) is 5.89 Å². The number of anilines is 1. The molecule has 3 aromatic rings. The Labute approximate surface area is 147 Å². The molecule has 0 saturated carbocycles. The monoisotopic (exact) mass is 337 g/mol. The largest absolute Gasteiger partial charge is 0.420 e. The van der Waals surface area contributed by atoms with Gasteiger partial charge in [-0.2, -0.15) is 0 Å². The first kappa shape index (κ1) is 17.1. The molecule has 6 nitrogen and oxygen atoms in total. The molecular weight excluding hydrogens is 314 g/mol. The molecule has 1 atom stereocenters. The summed E-state index contributed by atoms with van der Waals surface area (Å²) < 4.78 is 5.42. The fourth-order valence-electron chi connectivity index (χ4n) is 2.55. The molecule has 0 bridgehead atoms. The lowest BCUT2D eigenvalue weighted by Gasteiger charge is -2.09. The Morgan fingerprint density at radius 1 is 1.16 bits per heavy atom. The van der Waals surface area contributed by atoms with Crippen LogP contribution in [0.3, 0.4) is 0 Å². The third-order valence-corrected chi connectivity index (χ3v) is 4.40. The molecule has 2 N–H and O–H groups in total. The lowest BCUT2D eigenvalue weighted by Crippen LogP contribution is -1.99. The standard InChI is InChI=1S/C19H23N5O/c1-4-12(2)5-6-14-7-9-15(10-8-14)16-11-21-18(20)17(22-16)19-24-23-13(3)25-19/h7-12H,4-6H2,1-3H3,(H2,20,21). The SMILES string of the molecule is CCC(C)CCc1ccc(-c2cnc(N)c(-c3nnc(C)o3)n2)cc1. The second-order valence-corrected chi connectivity index (χ2v) is 6.36. The number of hydrogen-bond acceptors (Lipinski definition) is 6. The Hall–Kier alpha value is -2.76. The molecule has 0 aliphatic carbocycles. The molecule has 25 heavy (non-hydrogen) atoms. The van der Waals surface area contributed by atoms with Crippen LogP contribution in [-0.2, 0) is 6.42 Å². The molecule has 2 aromatic heterocycles. The van der Waals surface area contributed by atoms with Crippen molar-refractivity contribution in [1.29, 1.82) is 0 Å². The molecule has 1 unspecified atom stereocenters. The number of nitrogens with zero attached hydrogens (tertiary/aromatic N) is 4. The van der Waals surface area contributed by atoms with E-state index < -0.39 is 0 Å². The predicted octanol–water partition coefficient (Wildman–Crippen LogP) is 4.06. The predicted molar refractivity (Wildman–Crippen MR) is 97.7 cm³/mol. The topological polar surface area (TPSA) is 90.7 Å². The highest BCUT2D eigenvalue weighted by Crippen LogP contribution is 2.25. The van der Waals surface area contributed by atoms with E-state index in [9.17, 15) is 0 Å². The van der Waals surface area contributed by atoms with E-state index in [2.05, 4.69) is 58.3 Å². The van der Waals surface area contributed by atoms with E-state index in [0.717, 1.165) is 23.6 Å². The fourth-order valence-corrected chi connectivity index (χ4v) is 2.55. The minimum Gasteiger partial charge on any atom is -0.420 e. The van der Waals surface area contributed by atoms with Gasteiger partial charge in [0.1, 0.15) is 0 Å². The van der Waals surface area contributed by atoms with Crippen molar-refractivity contribution in [2.45, 2.75) is 40.0 Å². The van der Waals surface area contributed by atoms with Gasteiger partial charge in [-0.15, -0.1) is 10.2 Å². The summed E-state index contributed by atoms with van der Waals surface area (Å²) in [5.41, 5.74) is 9.38. The van der Waals surface area contributed by atoms with Crippen LogP contribution in [0.15, 0.2) is 34.9 Å². The van der Waals surface area contributed by atoms with Crippen LogP contribution in [0.5, 0.6) is 0 Å². The molecule has 0 amide bonds. The molecule has 6 heteroatoms. The smallest absolute Gasteiger partial charge is 0.270 e. The summed E-state index contributed by atoms with van der Waals surface area (Å²) in [5, 5.41) is 7.80. The highest BCUT2D eigenvalue weighted by Gasteiger charge is 2.14. The molecule has 0 radical (unpaired) electrons. The lowest BCUT2D eigenvalue weighted by atomic mass is 9.98. The molecule has 0 fully saturated rings. The van der Waals surface area contributed by atoms with E-state index in [-0.39, 0.29) is 11.7 Å². The first-order valence-electron chi connectivity index (χ1n) is 8.59. The van der Waals surface area contributed by atoms with Crippen molar-refractivity contribution in [2.24, 2.45) is 5.92 Å². The summed E-state index contributed by atoms with van der Waals surface area (Å²) in [7, 11) is 0. The zero-order valence-electron chi connectivity index (χ0n) is 14.9. The lowest BCUT2D eigenvalue weighted by molar-refractivity contribution is 0.516. The van der Waals surface area contributed by atoms with Gasteiger partial charge in [-0.05, 0) is 24.3 Å². The van der Waals surface area contributed by atoms with Crippen molar-refractivity contribution in [1.82, 2.24) is 20.2 Å². The summed E-state index contributed by atoms with van der Waals surface area (Å²) in [4.78, 5) is 8.78. The Bertz CT molecular complexity index is 841. The molecule has 1 aromatic carbocycles. The number of aromatic nitrogens is 4. The Balaban J connectivity index is 1.82. The van der Waals surface area contributed by atoms with Gasteiger partial charge in [-0.1, -0.05) is 44.5 Å². The maximum absolute atomic E-state index is 5.91. The van der Waals surface area contributed by atoms with Crippen LogP contribution in [0.1, 0.15) is 38.1 Å². The van der Waals surface area contributed by atoms with Gasteiger partial charge in [0.2, 0.25) is 5.89 Å². The van der Waals surface area contributed by atoms with Crippen molar-refractivity contribution in [2.75, 3.05) is 5.73 Å². The van der Waals surface area contributed by atoms with Gasteiger partial charge in [-0.25, -0.2) is 9.97 Å². The summed E-state index contributed by atoms with van der Waals surface area (Å²) >= 11 is 0. The van der Waals surface area contributed by atoms with Gasteiger partial charge in [0, 0.05) is 12.5 Å². The van der Waals surface area contributed by atoms with Gasteiger partial charge in [-0.3, -0.25) is 0 Å². The van der Waals surface area contributed by atoms with Crippen LogP contribution in [0.25, 0.3) is 22.8 Å². The van der Waals surface area contributed by atoms with E-state index in [0.29, 0.717) is 11.6 Å². The quantitative estimate of drug-likeness (QED) is 0.729. The maximum Gasteiger partial charge on any atom is 0.270 e. The van der Waals surface area contributed by atoms with Crippen molar-refractivity contribution in [3.63, 3.8) is 0 Å². The van der Waals surface area contributed by atoms with E-state index in [4.69, 9.17) is 10.2 Å². The molecule has 0 aliphatic rings.